The van der Waals surface area contributed by atoms with Crippen LogP contribution < -0.4 is 5.32 Å². The quantitative estimate of drug-likeness (QED) is 0.533. The van der Waals surface area contributed by atoms with Gasteiger partial charge < -0.3 is 20.2 Å². The first-order valence-electron chi connectivity index (χ1n) is 10.3. The second-order valence-corrected chi connectivity index (χ2v) is 8.99. The Kier molecular flexibility index (Phi) is 6.48. The molecule has 166 valence electrons. The topological polar surface area (TPSA) is 98.7 Å². The zero-order valence-corrected chi connectivity index (χ0v) is 18.8. The predicted molar refractivity (Wildman–Crippen MR) is 125 cm³/mol. The van der Waals surface area contributed by atoms with Crippen LogP contribution in [-0.4, -0.2) is 63.9 Å². The van der Waals surface area contributed by atoms with Crippen LogP contribution >= 0.6 is 11.3 Å². The van der Waals surface area contributed by atoms with Crippen LogP contribution in [0.1, 0.15) is 22.0 Å². The number of carboxylic acid groups (broad SMARTS) is 1. The SMILES string of the molecule is CN(C)C/C=C/C(=O)N1CCc2c(sc3ncnc(N[C@H](C(=O)O)c4ccccc4)c23)C1. The number of nitrogens with zero attached hydrogens (tertiary/aromatic N) is 4. The average molecular weight is 452 g/mol. The van der Waals surface area contributed by atoms with Crippen molar-refractivity contribution in [2.75, 3.05) is 32.5 Å². The average Bonchev–Trinajstić information content (AvgIpc) is 3.16. The number of nitrogens with one attached hydrogen (secondary N) is 1. The van der Waals surface area contributed by atoms with Crippen LogP contribution in [-0.2, 0) is 22.6 Å². The van der Waals surface area contributed by atoms with E-state index in [1.807, 2.05) is 48.2 Å². The van der Waals surface area contributed by atoms with Crippen molar-refractivity contribution in [2.45, 2.75) is 19.0 Å². The largest absolute Gasteiger partial charge is 0.479 e. The summed E-state index contributed by atoms with van der Waals surface area (Å²) in [5, 5.41) is 13.8. The summed E-state index contributed by atoms with van der Waals surface area (Å²) in [7, 11) is 3.91. The van der Waals surface area contributed by atoms with Gasteiger partial charge in [-0.2, -0.15) is 0 Å². The van der Waals surface area contributed by atoms with Crippen LogP contribution in [0.4, 0.5) is 5.82 Å². The molecule has 4 rings (SSSR count). The normalized spacial score (nSPS) is 14.7. The van der Waals surface area contributed by atoms with Crippen LogP contribution in [0.25, 0.3) is 10.2 Å². The van der Waals surface area contributed by atoms with Crippen LogP contribution in [0.3, 0.4) is 0 Å². The highest BCUT2D eigenvalue weighted by molar-refractivity contribution is 7.19. The number of aromatic nitrogens is 2. The summed E-state index contributed by atoms with van der Waals surface area (Å²) < 4.78 is 0. The van der Waals surface area contributed by atoms with Gasteiger partial charge in [-0.25, -0.2) is 14.8 Å². The van der Waals surface area contributed by atoms with E-state index < -0.39 is 12.0 Å². The lowest BCUT2D eigenvalue weighted by molar-refractivity contribution is -0.138. The maximum atomic E-state index is 12.6. The Hall–Kier alpha value is -3.30. The Morgan fingerprint density at radius 1 is 1.28 bits per heavy atom. The summed E-state index contributed by atoms with van der Waals surface area (Å²) in [6.07, 6.45) is 5.62. The fraction of sp³-hybridized carbons (Fsp3) is 0.304. The Bertz CT molecular complexity index is 1160. The summed E-state index contributed by atoms with van der Waals surface area (Å²) in [5.41, 5.74) is 1.74. The number of likely N-dealkylation sites (N-methyl/N-ethyl adjacent to an activating group) is 1. The molecule has 0 saturated heterocycles. The lowest BCUT2D eigenvalue weighted by Crippen LogP contribution is -2.34. The molecule has 0 saturated carbocycles. The van der Waals surface area contributed by atoms with Gasteiger partial charge in [0, 0.05) is 24.0 Å². The lowest BCUT2D eigenvalue weighted by Gasteiger charge is -2.26. The smallest absolute Gasteiger partial charge is 0.330 e. The minimum Gasteiger partial charge on any atom is -0.479 e. The number of aliphatic carboxylic acids is 1. The molecule has 9 heteroatoms. The molecule has 2 N–H and O–H groups in total. The first-order valence-corrected chi connectivity index (χ1v) is 11.2. The van der Waals surface area contributed by atoms with Crippen LogP contribution in [0.5, 0.6) is 0 Å². The molecule has 0 aliphatic carbocycles. The third-order valence-electron chi connectivity index (χ3n) is 5.34. The van der Waals surface area contributed by atoms with Gasteiger partial charge in [0.05, 0.1) is 11.9 Å². The highest BCUT2D eigenvalue weighted by Gasteiger charge is 2.27. The maximum Gasteiger partial charge on any atom is 0.330 e. The second-order valence-electron chi connectivity index (χ2n) is 7.91. The Morgan fingerprint density at radius 2 is 2.06 bits per heavy atom. The lowest BCUT2D eigenvalue weighted by atomic mass is 10.0. The monoisotopic (exact) mass is 451 g/mol. The molecule has 32 heavy (non-hydrogen) atoms. The summed E-state index contributed by atoms with van der Waals surface area (Å²) in [6.45, 7) is 1.83. The van der Waals surface area contributed by atoms with E-state index in [1.165, 1.54) is 17.7 Å². The summed E-state index contributed by atoms with van der Waals surface area (Å²) in [5.74, 6) is -0.475. The number of benzene rings is 1. The van der Waals surface area contributed by atoms with Gasteiger partial charge in [-0.3, -0.25) is 4.79 Å². The highest BCUT2D eigenvalue weighted by Crippen LogP contribution is 2.38. The maximum absolute atomic E-state index is 12.6. The number of hydrogen-bond acceptors (Lipinski definition) is 7. The van der Waals surface area contributed by atoms with Gasteiger partial charge in [-0.05, 0) is 31.6 Å². The number of amides is 1. The first kappa shape index (κ1) is 21.9. The number of fused-ring (bicyclic) bond motifs is 3. The van der Waals surface area contributed by atoms with Gasteiger partial charge in [-0.15, -0.1) is 11.3 Å². The van der Waals surface area contributed by atoms with Crippen molar-refractivity contribution in [2.24, 2.45) is 0 Å². The van der Waals surface area contributed by atoms with Crippen LogP contribution in [0, 0.1) is 0 Å². The molecule has 1 atom stereocenters. The molecule has 0 radical (unpaired) electrons. The highest BCUT2D eigenvalue weighted by atomic mass is 32.1. The van der Waals surface area contributed by atoms with Crippen molar-refractivity contribution in [3.05, 3.63) is 64.8 Å². The van der Waals surface area contributed by atoms with E-state index in [2.05, 4.69) is 15.3 Å². The predicted octanol–water partition coefficient (Wildman–Crippen LogP) is 2.93. The zero-order chi connectivity index (χ0) is 22.7. The van der Waals surface area contributed by atoms with E-state index >= 15 is 0 Å². The van der Waals surface area contributed by atoms with E-state index in [-0.39, 0.29) is 5.91 Å². The van der Waals surface area contributed by atoms with E-state index in [0.717, 1.165) is 20.7 Å². The van der Waals surface area contributed by atoms with Gasteiger partial charge in [0.25, 0.3) is 0 Å². The van der Waals surface area contributed by atoms with E-state index in [0.29, 0.717) is 37.4 Å². The number of hydrogen-bond donors (Lipinski definition) is 2. The van der Waals surface area contributed by atoms with Gasteiger partial charge in [0.15, 0.2) is 6.04 Å². The minimum atomic E-state index is -0.978. The van der Waals surface area contributed by atoms with Gasteiger partial charge >= 0.3 is 5.97 Å². The van der Waals surface area contributed by atoms with Crippen LogP contribution in [0.2, 0.25) is 0 Å². The third kappa shape index (κ3) is 4.63. The van der Waals surface area contributed by atoms with E-state index in [1.54, 1.807) is 18.2 Å². The molecule has 1 aliphatic heterocycles. The molecule has 1 aliphatic rings. The fourth-order valence-electron chi connectivity index (χ4n) is 3.76. The zero-order valence-electron chi connectivity index (χ0n) is 18.0. The number of carbonyl (C=O) groups is 2. The molecule has 0 spiro atoms. The molecule has 3 heterocycles. The van der Waals surface area contributed by atoms with Crippen molar-refractivity contribution < 1.29 is 14.7 Å². The number of carbonyl (C=O) groups excluding carboxylic acids is 1. The minimum absolute atomic E-state index is 0.00518. The van der Waals surface area contributed by atoms with E-state index in [9.17, 15) is 14.7 Å². The molecular formula is C23H25N5O3S. The van der Waals surface area contributed by atoms with Gasteiger partial charge in [0.1, 0.15) is 17.0 Å². The first-order chi connectivity index (χ1) is 15.4. The van der Waals surface area contributed by atoms with Crippen molar-refractivity contribution >= 4 is 39.2 Å². The van der Waals surface area contributed by atoms with Crippen molar-refractivity contribution in [1.29, 1.82) is 0 Å². The molecular weight excluding hydrogens is 426 g/mol. The second kappa shape index (κ2) is 9.46. The summed E-state index contributed by atoms with van der Waals surface area (Å²) in [4.78, 5) is 39.0. The van der Waals surface area contributed by atoms with Crippen molar-refractivity contribution in [3.8, 4) is 0 Å². The van der Waals surface area contributed by atoms with Crippen LogP contribution in [0.15, 0.2) is 48.8 Å². The molecule has 2 aromatic heterocycles. The number of thiophene rings is 1. The molecule has 1 aromatic carbocycles. The molecule has 0 unspecified atom stereocenters. The molecule has 1 amide bonds. The summed E-state index contributed by atoms with van der Waals surface area (Å²) >= 11 is 1.53. The molecule has 0 bridgehead atoms. The fourth-order valence-corrected chi connectivity index (χ4v) is 4.97. The summed E-state index contributed by atoms with van der Waals surface area (Å²) in [6, 6.07) is 8.11. The number of carboxylic acids is 1. The van der Waals surface area contributed by atoms with Crippen molar-refractivity contribution in [1.82, 2.24) is 19.8 Å². The third-order valence-corrected chi connectivity index (χ3v) is 6.47. The molecule has 8 nitrogen and oxygen atoms in total. The Balaban J connectivity index is 1.61. The number of anilines is 1. The molecule has 3 aromatic rings. The van der Waals surface area contributed by atoms with E-state index in [4.69, 9.17) is 0 Å². The Morgan fingerprint density at radius 3 is 2.78 bits per heavy atom. The van der Waals surface area contributed by atoms with Gasteiger partial charge in [0.2, 0.25) is 5.91 Å². The molecule has 0 fully saturated rings. The Labute approximate surface area is 190 Å². The number of rotatable bonds is 7. The van der Waals surface area contributed by atoms with Gasteiger partial charge in [-0.1, -0.05) is 36.4 Å². The van der Waals surface area contributed by atoms with Crippen molar-refractivity contribution in [3.63, 3.8) is 0 Å². The standard InChI is InChI=1S/C23H25N5O3S/c1-27(2)11-6-9-18(29)28-12-10-16-17(13-28)32-22-19(16)21(24-14-25-22)26-20(23(30)31)15-7-4-3-5-8-15/h3-9,14,20H,10-13H2,1-2H3,(H,30,31)(H,24,25,26)/b9-6+/t20-/m0/s1.